The Morgan fingerprint density at radius 2 is 2.05 bits per heavy atom. The molecule has 0 aliphatic carbocycles. The standard InChI is InChI=1S/C14H23N3O2S/c1-9(2)12-7-11(8-13(15)17-12)14(18)16-10(3)5-6-20(4)19/h7-10H,5-6H2,1-4H3,(H2,15,17)(H,16,18). The summed E-state index contributed by atoms with van der Waals surface area (Å²) in [4.78, 5) is 16.4. The van der Waals surface area contributed by atoms with Gasteiger partial charge in [-0.1, -0.05) is 13.8 Å². The van der Waals surface area contributed by atoms with Crippen LogP contribution in [0.25, 0.3) is 0 Å². The van der Waals surface area contributed by atoms with Gasteiger partial charge in [-0.05, 0) is 31.4 Å². The van der Waals surface area contributed by atoms with E-state index in [-0.39, 0.29) is 17.9 Å². The average Bonchev–Trinajstić information content (AvgIpc) is 2.35. The van der Waals surface area contributed by atoms with Crippen molar-refractivity contribution in [3.05, 3.63) is 23.4 Å². The van der Waals surface area contributed by atoms with Crippen LogP contribution in [0.5, 0.6) is 0 Å². The van der Waals surface area contributed by atoms with Crippen LogP contribution in [0, 0.1) is 0 Å². The first-order chi connectivity index (χ1) is 9.29. The maximum atomic E-state index is 12.2. The molecular weight excluding hydrogens is 274 g/mol. The minimum absolute atomic E-state index is 0.0247. The molecule has 1 heterocycles. The van der Waals surface area contributed by atoms with E-state index in [0.29, 0.717) is 23.6 Å². The van der Waals surface area contributed by atoms with E-state index in [0.717, 1.165) is 5.69 Å². The molecule has 0 bridgehead atoms. The predicted molar refractivity (Wildman–Crippen MR) is 83.2 cm³/mol. The van der Waals surface area contributed by atoms with Gasteiger partial charge in [-0.2, -0.15) is 0 Å². The van der Waals surface area contributed by atoms with Crippen LogP contribution in [0.1, 0.15) is 49.2 Å². The number of rotatable bonds is 6. The summed E-state index contributed by atoms with van der Waals surface area (Å²) in [6.45, 7) is 5.91. The molecule has 6 heteroatoms. The first-order valence-electron chi connectivity index (χ1n) is 6.68. The highest BCUT2D eigenvalue weighted by Crippen LogP contribution is 2.16. The van der Waals surface area contributed by atoms with Crippen molar-refractivity contribution in [2.45, 2.75) is 39.2 Å². The molecule has 0 spiro atoms. The molecule has 5 nitrogen and oxygen atoms in total. The third kappa shape index (κ3) is 5.28. The Morgan fingerprint density at radius 3 is 2.60 bits per heavy atom. The number of hydrogen-bond acceptors (Lipinski definition) is 4. The molecule has 1 rings (SSSR count). The highest BCUT2D eigenvalue weighted by Gasteiger charge is 2.13. The molecule has 0 aliphatic rings. The second-order valence-electron chi connectivity index (χ2n) is 5.30. The predicted octanol–water partition coefficient (Wildman–Crippen LogP) is 1.67. The Labute approximate surface area is 122 Å². The largest absolute Gasteiger partial charge is 0.384 e. The summed E-state index contributed by atoms with van der Waals surface area (Å²) in [5.74, 6) is 0.973. The summed E-state index contributed by atoms with van der Waals surface area (Å²) in [7, 11) is -0.840. The van der Waals surface area contributed by atoms with Crippen molar-refractivity contribution in [3.63, 3.8) is 0 Å². The third-order valence-corrected chi connectivity index (χ3v) is 3.75. The summed E-state index contributed by atoms with van der Waals surface area (Å²) in [5.41, 5.74) is 7.06. The Morgan fingerprint density at radius 1 is 1.40 bits per heavy atom. The molecule has 1 aromatic heterocycles. The van der Waals surface area contributed by atoms with Gasteiger partial charge in [0.25, 0.3) is 5.91 Å². The number of nitrogens with zero attached hydrogens (tertiary/aromatic N) is 1. The van der Waals surface area contributed by atoms with E-state index in [1.807, 2.05) is 20.8 Å². The fraction of sp³-hybridized carbons (Fsp3) is 0.571. The van der Waals surface area contributed by atoms with Crippen LogP contribution in [0.15, 0.2) is 12.1 Å². The lowest BCUT2D eigenvalue weighted by Crippen LogP contribution is -2.33. The van der Waals surface area contributed by atoms with Crippen molar-refractivity contribution >= 4 is 22.5 Å². The van der Waals surface area contributed by atoms with Crippen molar-refractivity contribution in [1.29, 1.82) is 0 Å². The van der Waals surface area contributed by atoms with Crippen molar-refractivity contribution in [2.75, 3.05) is 17.7 Å². The van der Waals surface area contributed by atoms with E-state index in [9.17, 15) is 9.00 Å². The van der Waals surface area contributed by atoms with Crippen LogP contribution in [-0.2, 0) is 10.8 Å². The topological polar surface area (TPSA) is 85.1 Å². The Kier molecular flexibility index (Phi) is 6.13. The monoisotopic (exact) mass is 297 g/mol. The highest BCUT2D eigenvalue weighted by molar-refractivity contribution is 7.84. The molecule has 0 saturated heterocycles. The summed E-state index contributed by atoms with van der Waals surface area (Å²) < 4.78 is 11.0. The SMILES string of the molecule is CC(CCS(C)=O)NC(=O)c1cc(N)nc(C(C)C)c1. The molecule has 1 amide bonds. The van der Waals surface area contributed by atoms with Gasteiger partial charge in [-0.25, -0.2) is 4.98 Å². The minimum Gasteiger partial charge on any atom is -0.384 e. The van der Waals surface area contributed by atoms with Gasteiger partial charge in [-0.15, -0.1) is 0 Å². The van der Waals surface area contributed by atoms with Gasteiger partial charge in [0, 0.05) is 40.1 Å². The Balaban J connectivity index is 2.74. The number of aromatic nitrogens is 1. The number of hydrogen-bond donors (Lipinski definition) is 2. The van der Waals surface area contributed by atoms with Crippen LogP contribution in [0.2, 0.25) is 0 Å². The molecule has 2 atom stereocenters. The number of anilines is 1. The first kappa shape index (κ1) is 16.6. The quantitative estimate of drug-likeness (QED) is 0.836. The number of nitrogens with two attached hydrogens (primary N) is 1. The van der Waals surface area contributed by atoms with E-state index in [1.54, 1.807) is 18.4 Å². The Bertz CT molecular complexity index is 503. The fourth-order valence-corrected chi connectivity index (χ4v) is 2.41. The zero-order chi connectivity index (χ0) is 15.3. The molecule has 20 heavy (non-hydrogen) atoms. The molecule has 0 aromatic carbocycles. The summed E-state index contributed by atoms with van der Waals surface area (Å²) in [6.07, 6.45) is 2.35. The van der Waals surface area contributed by atoms with Crippen LogP contribution < -0.4 is 11.1 Å². The van der Waals surface area contributed by atoms with Crippen molar-refractivity contribution in [3.8, 4) is 0 Å². The second-order valence-corrected chi connectivity index (χ2v) is 6.86. The number of carbonyl (C=O) groups excluding carboxylic acids is 1. The van der Waals surface area contributed by atoms with Crippen LogP contribution >= 0.6 is 0 Å². The van der Waals surface area contributed by atoms with E-state index < -0.39 is 10.8 Å². The normalized spacial score (nSPS) is 14.1. The number of carbonyl (C=O) groups is 1. The van der Waals surface area contributed by atoms with E-state index in [2.05, 4.69) is 10.3 Å². The first-order valence-corrected chi connectivity index (χ1v) is 8.40. The number of amides is 1. The van der Waals surface area contributed by atoms with Crippen LogP contribution in [-0.4, -0.2) is 33.2 Å². The van der Waals surface area contributed by atoms with Gasteiger partial charge in [0.05, 0.1) is 0 Å². The molecule has 0 aliphatic heterocycles. The van der Waals surface area contributed by atoms with Crippen molar-refractivity contribution in [1.82, 2.24) is 10.3 Å². The lowest BCUT2D eigenvalue weighted by molar-refractivity contribution is 0.0939. The molecule has 0 saturated carbocycles. The maximum absolute atomic E-state index is 12.2. The lowest BCUT2D eigenvalue weighted by Gasteiger charge is -2.14. The third-order valence-electron chi connectivity index (χ3n) is 2.93. The molecule has 1 aromatic rings. The summed E-state index contributed by atoms with van der Waals surface area (Å²) in [5, 5.41) is 2.89. The molecule has 0 radical (unpaired) electrons. The molecule has 112 valence electrons. The summed E-state index contributed by atoms with van der Waals surface area (Å²) >= 11 is 0. The van der Waals surface area contributed by atoms with Crippen LogP contribution in [0.4, 0.5) is 5.82 Å². The van der Waals surface area contributed by atoms with Gasteiger partial charge in [-0.3, -0.25) is 9.00 Å². The molecule has 2 unspecified atom stereocenters. The maximum Gasteiger partial charge on any atom is 0.251 e. The second kappa shape index (κ2) is 7.38. The zero-order valence-electron chi connectivity index (χ0n) is 12.5. The fourth-order valence-electron chi connectivity index (χ4n) is 1.72. The van der Waals surface area contributed by atoms with Gasteiger partial charge in [0.2, 0.25) is 0 Å². The minimum atomic E-state index is -0.840. The molecule has 3 N–H and O–H groups in total. The van der Waals surface area contributed by atoms with Gasteiger partial charge < -0.3 is 11.1 Å². The zero-order valence-corrected chi connectivity index (χ0v) is 13.3. The van der Waals surface area contributed by atoms with E-state index in [1.165, 1.54) is 0 Å². The highest BCUT2D eigenvalue weighted by atomic mass is 32.2. The molecular formula is C14H23N3O2S. The average molecular weight is 297 g/mol. The van der Waals surface area contributed by atoms with E-state index >= 15 is 0 Å². The Hall–Kier alpha value is -1.43. The van der Waals surface area contributed by atoms with Crippen LogP contribution in [0.3, 0.4) is 0 Å². The summed E-state index contributed by atoms with van der Waals surface area (Å²) in [6, 6.07) is 3.32. The lowest BCUT2D eigenvalue weighted by atomic mass is 10.1. The smallest absolute Gasteiger partial charge is 0.251 e. The van der Waals surface area contributed by atoms with Gasteiger partial charge in [0.15, 0.2) is 0 Å². The van der Waals surface area contributed by atoms with Crippen molar-refractivity contribution < 1.29 is 9.00 Å². The van der Waals surface area contributed by atoms with Gasteiger partial charge >= 0.3 is 0 Å². The number of nitrogen functional groups attached to an aromatic ring is 1. The van der Waals surface area contributed by atoms with Crippen molar-refractivity contribution in [2.24, 2.45) is 0 Å². The van der Waals surface area contributed by atoms with E-state index in [4.69, 9.17) is 5.73 Å². The molecule has 0 fully saturated rings. The number of nitrogens with one attached hydrogen (secondary N) is 1. The van der Waals surface area contributed by atoms with Gasteiger partial charge in [0.1, 0.15) is 5.82 Å². The number of pyridine rings is 1.